The van der Waals surface area contributed by atoms with Gasteiger partial charge in [0, 0.05) is 5.02 Å². The van der Waals surface area contributed by atoms with Crippen molar-refractivity contribution in [2.24, 2.45) is 5.10 Å². The molecule has 0 saturated heterocycles. The summed E-state index contributed by atoms with van der Waals surface area (Å²) in [5.41, 5.74) is 1.54. The topological polar surface area (TPSA) is 41.9 Å². The maximum absolute atomic E-state index is 11.9. The fourth-order valence-corrected chi connectivity index (χ4v) is 2.12. The Kier molecular flexibility index (Phi) is 2.80. The second-order valence-corrected chi connectivity index (χ2v) is 4.59. The first kappa shape index (κ1) is 11.3. The van der Waals surface area contributed by atoms with Gasteiger partial charge in [0.25, 0.3) is 0 Å². The highest BCUT2D eigenvalue weighted by Crippen LogP contribution is 2.25. The minimum atomic E-state index is -0.461. The summed E-state index contributed by atoms with van der Waals surface area (Å²) >= 11 is 5.82. The number of anilines is 1. The fourth-order valence-electron chi connectivity index (χ4n) is 1.99. The molecule has 0 aromatic heterocycles. The third-order valence-corrected chi connectivity index (χ3v) is 3.16. The number of carbonyl (C=O) groups excluding carboxylic acids is 1. The highest BCUT2D eigenvalue weighted by Gasteiger charge is 2.30. The zero-order chi connectivity index (χ0) is 12.5. The van der Waals surface area contributed by atoms with Gasteiger partial charge in [-0.2, -0.15) is 10.1 Å². The molecule has 1 amide bonds. The van der Waals surface area contributed by atoms with E-state index in [0.717, 1.165) is 18.6 Å². The van der Waals surface area contributed by atoms with Gasteiger partial charge in [0.15, 0.2) is 6.10 Å². The van der Waals surface area contributed by atoms with Gasteiger partial charge >= 0.3 is 6.09 Å². The summed E-state index contributed by atoms with van der Waals surface area (Å²) in [4.78, 5) is 11.9. The van der Waals surface area contributed by atoms with E-state index in [-0.39, 0.29) is 6.10 Å². The molecule has 1 aromatic carbocycles. The normalized spacial score (nSPS) is 22.3. The van der Waals surface area contributed by atoms with Gasteiger partial charge in [-0.05, 0) is 43.2 Å². The summed E-state index contributed by atoms with van der Waals surface area (Å²) in [6.07, 6.45) is 4.88. The average molecular weight is 263 g/mol. The second-order valence-electron chi connectivity index (χ2n) is 4.15. The van der Waals surface area contributed by atoms with Gasteiger partial charge in [-0.25, -0.2) is 4.79 Å². The highest BCUT2D eigenvalue weighted by atomic mass is 35.5. The Balaban J connectivity index is 1.95. The van der Waals surface area contributed by atoms with Crippen molar-refractivity contribution in [2.45, 2.75) is 18.9 Å². The van der Waals surface area contributed by atoms with Crippen molar-refractivity contribution >= 4 is 29.1 Å². The summed E-state index contributed by atoms with van der Waals surface area (Å²) in [7, 11) is 0. The first-order valence-corrected chi connectivity index (χ1v) is 6.12. The van der Waals surface area contributed by atoms with E-state index in [2.05, 4.69) is 5.10 Å². The van der Waals surface area contributed by atoms with E-state index in [1.165, 1.54) is 5.01 Å². The zero-order valence-corrected chi connectivity index (χ0v) is 10.3. The first-order valence-electron chi connectivity index (χ1n) is 5.74. The van der Waals surface area contributed by atoms with E-state index in [1.54, 1.807) is 24.3 Å². The van der Waals surface area contributed by atoms with Crippen molar-refractivity contribution in [3.05, 3.63) is 41.4 Å². The molecule has 1 aliphatic heterocycles. The second kappa shape index (κ2) is 4.46. The van der Waals surface area contributed by atoms with Crippen molar-refractivity contribution in [1.29, 1.82) is 0 Å². The van der Waals surface area contributed by atoms with Crippen LogP contribution in [0.2, 0.25) is 5.02 Å². The molecule has 0 bridgehead atoms. The molecule has 3 rings (SSSR count). The molecule has 1 heterocycles. The number of rotatable bonds is 1. The summed E-state index contributed by atoms with van der Waals surface area (Å²) in [6, 6.07) is 6.92. The predicted octanol–water partition coefficient (Wildman–Crippen LogP) is 3.37. The van der Waals surface area contributed by atoms with Crippen molar-refractivity contribution in [2.75, 3.05) is 5.01 Å². The molecule has 5 heteroatoms. The molecular weight excluding hydrogens is 252 g/mol. The van der Waals surface area contributed by atoms with Gasteiger partial charge in [0.1, 0.15) is 0 Å². The maximum atomic E-state index is 11.9. The lowest BCUT2D eigenvalue weighted by atomic mass is 10.0. The molecular formula is C13H11ClN2O2. The Morgan fingerprint density at radius 3 is 2.89 bits per heavy atom. The standard InChI is InChI=1S/C13H11ClN2O2/c14-9-5-7-10(8-6-9)16-13(17)18-12-4-2-1-3-11(12)15-16/h2,4-8,12H,1,3H2. The number of allylic oxidation sites excluding steroid dienone is 1. The molecule has 0 N–H and O–H groups in total. The summed E-state index contributed by atoms with van der Waals surface area (Å²) in [5, 5.41) is 6.27. The van der Waals surface area contributed by atoms with Crippen molar-refractivity contribution in [3.63, 3.8) is 0 Å². The first-order chi connectivity index (χ1) is 8.74. The third kappa shape index (κ3) is 1.99. The van der Waals surface area contributed by atoms with Crippen LogP contribution in [0.15, 0.2) is 41.5 Å². The Hall–Kier alpha value is -1.81. The Morgan fingerprint density at radius 1 is 1.33 bits per heavy atom. The van der Waals surface area contributed by atoms with Crippen LogP contribution in [-0.4, -0.2) is 17.9 Å². The number of nitrogens with zero attached hydrogens (tertiary/aromatic N) is 2. The number of hydrazone groups is 1. The molecule has 0 radical (unpaired) electrons. The average Bonchev–Trinajstić information content (AvgIpc) is 2.39. The molecule has 92 valence electrons. The van der Waals surface area contributed by atoms with E-state index < -0.39 is 6.09 Å². The van der Waals surface area contributed by atoms with E-state index in [0.29, 0.717) is 10.7 Å². The van der Waals surface area contributed by atoms with E-state index >= 15 is 0 Å². The lowest BCUT2D eigenvalue weighted by Crippen LogP contribution is -2.41. The van der Waals surface area contributed by atoms with Crippen molar-refractivity contribution < 1.29 is 9.53 Å². The highest BCUT2D eigenvalue weighted by molar-refractivity contribution is 6.30. The molecule has 1 aromatic rings. The van der Waals surface area contributed by atoms with Crippen LogP contribution < -0.4 is 5.01 Å². The van der Waals surface area contributed by atoms with Gasteiger partial charge in [-0.15, -0.1) is 0 Å². The monoisotopic (exact) mass is 262 g/mol. The lowest BCUT2D eigenvalue weighted by molar-refractivity contribution is 0.143. The molecule has 18 heavy (non-hydrogen) atoms. The minimum absolute atomic E-state index is 0.296. The van der Waals surface area contributed by atoms with Crippen LogP contribution in [0.25, 0.3) is 0 Å². The van der Waals surface area contributed by atoms with Crippen molar-refractivity contribution in [1.82, 2.24) is 0 Å². The van der Waals surface area contributed by atoms with Crippen LogP contribution in [0, 0.1) is 0 Å². The van der Waals surface area contributed by atoms with Gasteiger partial charge in [-0.3, -0.25) is 0 Å². The fraction of sp³-hybridized carbons (Fsp3) is 0.231. The van der Waals surface area contributed by atoms with E-state index in [1.807, 2.05) is 12.2 Å². The number of amides is 1. The van der Waals surface area contributed by atoms with Crippen LogP contribution in [0.5, 0.6) is 0 Å². The largest absolute Gasteiger partial charge is 0.436 e. The Bertz CT molecular complexity index is 536. The molecule has 2 aliphatic rings. The van der Waals surface area contributed by atoms with E-state index in [4.69, 9.17) is 16.3 Å². The van der Waals surface area contributed by atoms with Gasteiger partial charge < -0.3 is 4.74 Å². The smallest absolute Gasteiger partial charge is 0.434 e. The molecule has 0 saturated carbocycles. The molecule has 1 atom stereocenters. The van der Waals surface area contributed by atoms with Crippen LogP contribution in [0.4, 0.5) is 10.5 Å². The van der Waals surface area contributed by atoms with Crippen LogP contribution in [-0.2, 0) is 4.74 Å². The lowest BCUT2D eigenvalue weighted by Gasteiger charge is -2.29. The number of fused-ring (bicyclic) bond motifs is 1. The quantitative estimate of drug-likeness (QED) is 0.728. The van der Waals surface area contributed by atoms with Gasteiger partial charge in [-0.1, -0.05) is 17.7 Å². The number of ether oxygens (including phenoxy) is 1. The number of carbonyl (C=O) groups is 1. The molecule has 0 fully saturated rings. The number of halogens is 1. The number of hydrogen-bond acceptors (Lipinski definition) is 3. The SMILES string of the molecule is O=C1OC2C=CCCC2=NN1c1ccc(Cl)cc1. The number of benzene rings is 1. The van der Waals surface area contributed by atoms with E-state index in [9.17, 15) is 4.79 Å². The predicted molar refractivity (Wildman–Crippen MR) is 70.0 cm³/mol. The minimum Gasteiger partial charge on any atom is -0.434 e. The maximum Gasteiger partial charge on any atom is 0.436 e. The van der Waals surface area contributed by atoms with Gasteiger partial charge in [0.05, 0.1) is 11.4 Å². The van der Waals surface area contributed by atoms with Crippen LogP contribution >= 0.6 is 11.6 Å². The molecule has 0 spiro atoms. The van der Waals surface area contributed by atoms with Crippen LogP contribution in [0.1, 0.15) is 12.8 Å². The summed E-state index contributed by atoms with van der Waals surface area (Å²) in [6.45, 7) is 0. The zero-order valence-electron chi connectivity index (χ0n) is 9.54. The van der Waals surface area contributed by atoms with Crippen LogP contribution in [0.3, 0.4) is 0 Å². The third-order valence-electron chi connectivity index (χ3n) is 2.91. The van der Waals surface area contributed by atoms with Crippen molar-refractivity contribution in [3.8, 4) is 0 Å². The Labute approximate surface area is 109 Å². The van der Waals surface area contributed by atoms with Gasteiger partial charge in [0.2, 0.25) is 0 Å². The Morgan fingerprint density at radius 2 is 2.11 bits per heavy atom. The number of hydrogen-bond donors (Lipinski definition) is 0. The molecule has 4 nitrogen and oxygen atoms in total. The summed E-state index contributed by atoms with van der Waals surface area (Å²) in [5.74, 6) is 0. The molecule has 1 aliphatic carbocycles. The summed E-state index contributed by atoms with van der Waals surface area (Å²) < 4.78 is 5.32. The molecule has 1 unspecified atom stereocenters.